The van der Waals surface area contributed by atoms with Crippen molar-refractivity contribution in [2.45, 2.75) is 62.9 Å². The summed E-state index contributed by atoms with van der Waals surface area (Å²) in [5.41, 5.74) is 3.21. The van der Waals surface area contributed by atoms with Crippen molar-refractivity contribution in [3.8, 4) is 11.1 Å². The van der Waals surface area contributed by atoms with Crippen LogP contribution in [0.5, 0.6) is 0 Å². The van der Waals surface area contributed by atoms with Gasteiger partial charge in [0, 0.05) is 23.7 Å². The summed E-state index contributed by atoms with van der Waals surface area (Å²) in [5, 5.41) is 9.80. The quantitative estimate of drug-likeness (QED) is 0.686. The molecule has 1 aromatic heterocycles. The minimum Gasteiger partial charge on any atom is -0.361 e. The Balaban J connectivity index is 1.87. The number of amides is 1. The number of anilines is 1. The molecule has 1 saturated carbocycles. The van der Waals surface area contributed by atoms with Gasteiger partial charge in [-0.1, -0.05) is 18.0 Å². The fraction of sp³-hybridized carbons (Fsp3) is 0.500. The molecule has 2 aliphatic rings. The minimum atomic E-state index is -3.75. The van der Waals surface area contributed by atoms with Gasteiger partial charge in [0.05, 0.1) is 16.6 Å². The van der Waals surface area contributed by atoms with Crippen molar-refractivity contribution in [3.63, 3.8) is 0 Å². The number of aryl methyl sites for hydroxylation is 2. The number of fused-ring (bicyclic) bond motifs is 1. The summed E-state index contributed by atoms with van der Waals surface area (Å²) in [6, 6.07) is 2.96. The van der Waals surface area contributed by atoms with Crippen LogP contribution in [0.25, 0.3) is 11.1 Å². The summed E-state index contributed by atoms with van der Waals surface area (Å²) in [7, 11) is -2.06. The second-order valence-electron chi connectivity index (χ2n) is 7.84. The predicted octanol–water partition coefficient (Wildman–Crippen LogP) is 2.26. The molecule has 9 heteroatoms. The third-order valence-corrected chi connectivity index (χ3v) is 7.42. The van der Waals surface area contributed by atoms with Crippen LogP contribution in [0.1, 0.15) is 42.7 Å². The average molecular weight is 419 g/mol. The van der Waals surface area contributed by atoms with Gasteiger partial charge in [-0.25, -0.2) is 13.1 Å². The van der Waals surface area contributed by atoms with Gasteiger partial charge >= 0.3 is 0 Å². The monoisotopic (exact) mass is 418 g/mol. The van der Waals surface area contributed by atoms with E-state index in [0.717, 1.165) is 31.2 Å². The molecule has 8 nitrogen and oxygen atoms in total. The number of nitrogens with zero attached hydrogens (tertiary/aromatic N) is 1. The fourth-order valence-corrected chi connectivity index (χ4v) is 5.92. The van der Waals surface area contributed by atoms with Crippen LogP contribution in [0.3, 0.4) is 0 Å². The van der Waals surface area contributed by atoms with E-state index in [1.807, 2.05) is 6.92 Å². The van der Waals surface area contributed by atoms with Crippen LogP contribution in [-0.2, 0) is 21.2 Å². The second kappa shape index (κ2) is 7.55. The Hall–Kier alpha value is -2.23. The number of sulfonamides is 1. The molecule has 1 aliphatic heterocycles. The van der Waals surface area contributed by atoms with Crippen molar-refractivity contribution in [1.29, 1.82) is 0 Å². The number of nitrogens with one attached hydrogen (secondary N) is 3. The normalized spacial score (nSPS) is 20.0. The van der Waals surface area contributed by atoms with E-state index in [1.165, 1.54) is 0 Å². The molecule has 1 atom stereocenters. The second-order valence-corrected chi connectivity index (χ2v) is 9.52. The van der Waals surface area contributed by atoms with Gasteiger partial charge in [-0.05, 0) is 57.0 Å². The van der Waals surface area contributed by atoms with Crippen LogP contribution in [-0.4, -0.2) is 38.6 Å². The smallest absolute Gasteiger partial charge is 0.241 e. The average Bonchev–Trinajstić information content (AvgIpc) is 3.29. The van der Waals surface area contributed by atoms with Crippen molar-refractivity contribution in [3.05, 3.63) is 29.2 Å². The molecular weight excluding hydrogens is 392 g/mol. The Morgan fingerprint density at radius 3 is 2.55 bits per heavy atom. The first kappa shape index (κ1) is 20.1. The van der Waals surface area contributed by atoms with Crippen molar-refractivity contribution < 1.29 is 17.7 Å². The Morgan fingerprint density at radius 1 is 1.21 bits per heavy atom. The third kappa shape index (κ3) is 3.70. The number of aromatic nitrogens is 1. The summed E-state index contributed by atoms with van der Waals surface area (Å²) in [6.45, 7) is 3.60. The van der Waals surface area contributed by atoms with Gasteiger partial charge in [-0.3, -0.25) is 4.79 Å². The predicted molar refractivity (Wildman–Crippen MR) is 109 cm³/mol. The number of hydrogen-bond donors (Lipinski definition) is 3. The number of likely N-dealkylation sites (N-methyl/N-ethyl adjacent to an activating group) is 1. The molecule has 2 heterocycles. The summed E-state index contributed by atoms with van der Waals surface area (Å²) in [4.78, 5) is 12.6. The van der Waals surface area contributed by atoms with Gasteiger partial charge in [0.1, 0.15) is 5.76 Å². The van der Waals surface area contributed by atoms with Crippen molar-refractivity contribution in [1.82, 2.24) is 15.2 Å². The first-order chi connectivity index (χ1) is 13.8. The molecule has 4 rings (SSSR count). The van der Waals surface area contributed by atoms with Crippen LogP contribution in [0, 0.1) is 13.8 Å². The lowest BCUT2D eigenvalue weighted by molar-refractivity contribution is -0.118. The lowest BCUT2D eigenvalue weighted by Gasteiger charge is -2.27. The SMILES string of the molecule is CNC1Cc2c(cc(-c3c(C)noc3C)cc2S(=O)(=O)NC2CCCC2)NC1=O. The van der Waals surface area contributed by atoms with Gasteiger partial charge in [-0.2, -0.15) is 0 Å². The summed E-state index contributed by atoms with van der Waals surface area (Å²) in [6.07, 6.45) is 4.06. The summed E-state index contributed by atoms with van der Waals surface area (Å²) < 4.78 is 34.8. The molecule has 0 saturated heterocycles. The van der Waals surface area contributed by atoms with Crippen LogP contribution in [0.15, 0.2) is 21.6 Å². The zero-order valence-corrected chi connectivity index (χ0v) is 17.6. The van der Waals surface area contributed by atoms with Crippen LogP contribution < -0.4 is 15.4 Å². The molecule has 29 heavy (non-hydrogen) atoms. The first-order valence-electron chi connectivity index (χ1n) is 9.91. The highest BCUT2D eigenvalue weighted by Crippen LogP contribution is 2.37. The largest absolute Gasteiger partial charge is 0.361 e. The first-order valence-corrected chi connectivity index (χ1v) is 11.4. The van der Waals surface area contributed by atoms with E-state index >= 15 is 0 Å². The lowest BCUT2D eigenvalue weighted by atomic mass is 9.94. The highest BCUT2D eigenvalue weighted by Gasteiger charge is 2.33. The van der Waals surface area contributed by atoms with E-state index < -0.39 is 16.1 Å². The number of carbonyl (C=O) groups is 1. The molecule has 3 N–H and O–H groups in total. The fourth-order valence-electron chi connectivity index (χ4n) is 4.32. The van der Waals surface area contributed by atoms with Crippen molar-refractivity contribution in [2.24, 2.45) is 0 Å². The summed E-state index contributed by atoms with van der Waals surface area (Å²) >= 11 is 0. The van der Waals surface area contributed by atoms with E-state index in [0.29, 0.717) is 34.7 Å². The Kier molecular flexibility index (Phi) is 5.22. The molecule has 0 spiro atoms. The molecule has 2 aromatic rings. The summed E-state index contributed by atoms with van der Waals surface area (Å²) in [5.74, 6) is 0.424. The number of rotatable bonds is 5. The molecule has 1 amide bonds. The molecule has 1 aliphatic carbocycles. The van der Waals surface area contributed by atoms with Gasteiger partial charge in [0.25, 0.3) is 0 Å². The third-order valence-electron chi connectivity index (χ3n) is 5.83. The maximum atomic E-state index is 13.3. The number of hydrogen-bond acceptors (Lipinski definition) is 6. The molecule has 0 radical (unpaired) electrons. The molecule has 1 unspecified atom stereocenters. The highest BCUT2D eigenvalue weighted by molar-refractivity contribution is 7.89. The van der Waals surface area contributed by atoms with Crippen LogP contribution in [0.4, 0.5) is 5.69 Å². The molecule has 0 bridgehead atoms. The van der Waals surface area contributed by atoms with Gasteiger partial charge in [0.2, 0.25) is 15.9 Å². The van der Waals surface area contributed by atoms with Gasteiger partial charge in [0.15, 0.2) is 0 Å². The maximum absolute atomic E-state index is 13.3. The number of benzene rings is 1. The zero-order valence-electron chi connectivity index (χ0n) is 16.8. The highest BCUT2D eigenvalue weighted by atomic mass is 32.2. The Labute approximate surface area is 170 Å². The maximum Gasteiger partial charge on any atom is 0.241 e. The molecular formula is C20H26N4O4S. The van der Waals surface area contributed by atoms with Crippen LogP contribution in [0.2, 0.25) is 0 Å². The minimum absolute atomic E-state index is 0.0448. The molecule has 1 aromatic carbocycles. The lowest BCUT2D eigenvalue weighted by Crippen LogP contribution is -2.44. The zero-order chi connectivity index (χ0) is 20.8. The van der Waals surface area contributed by atoms with E-state index in [1.54, 1.807) is 26.1 Å². The van der Waals surface area contributed by atoms with Crippen LogP contribution >= 0.6 is 0 Å². The van der Waals surface area contributed by atoms with Crippen molar-refractivity contribution >= 4 is 21.6 Å². The van der Waals surface area contributed by atoms with Gasteiger partial charge in [-0.15, -0.1) is 0 Å². The van der Waals surface area contributed by atoms with Crippen molar-refractivity contribution in [2.75, 3.05) is 12.4 Å². The Bertz CT molecular complexity index is 1040. The van der Waals surface area contributed by atoms with Gasteiger partial charge < -0.3 is 15.2 Å². The van der Waals surface area contributed by atoms with E-state index in [2.05, 4.69) is 20.5 Å². The van der Waals surface area contributed by atoms with E-state index in [9.17, 15) is 13.2 Å². The standard InChI is InChI=1S/C20H26N4O4S/c1-11-19(12(2)28-23-11)13-8-16-15(10-17(21-3)20(25)22-16)18(9-13)29(26,27)24-14-6-4-5-7-14/h8-9,14,17,21,24H,4-7,10H2,1-3H3,(H,22,25). The molecule has 156 valence electrons. The topological polar surface area (TPSA) is 113 Å². The van der Waals surface area contributed by atoms with E-state index in [4.69, 9.17) is 4.52 Å². The molecule has 1 fully saturated rings. The van der Waals surface area contributed by atoms with E-state index in [-0.39, 0.29) is 16.8 Å². The Morgan fingerprint density at radius 2 is 1.93 bits per heavy atom. The number of carbonyl (C=O) groups excluding carboxylic acids is 1.